The number of benzene rings is 1. The lowest BCUT2D eigenvalue weighted by atomic mass is 10.1. The highest BCUT2D eigenvalue weighted by Crippen LogP contribution is 2.18. The number of halogens is 1. The first-order valence-corrected chi connectivity index (χ1v) is 4.57. The van der Waals surface area contributed by atoms with E-state index < -0.39 is 6.10 Å². The van der Waals surface area contributed by atoms with Crippen molar-refractivity contribution in [3.05, 3.63) is 34.3 Å². The molecule has 1 aromatic rings. The summed E-state index contributed by atoms with van der Waals surface area (Å²) >= 11 is 3.30. The molecule has 0 bridgehead atoms. The van der Waals surface area contributed by atoms with Crippen LogP contribution in [0.3, 0.4) is 0 Å². The van der Waals surface area contributed by atoms with Gasteiger partial charge in [-0.15, -0.1) is 0 Å². The van der Waals surface area contributed by atoms with Gasteiger partial charge in [0.15, 0.2) is 0 Å². The second-order valence-electron chi connectivity index (χ2n) is 2.58. The summed E-state index contributed by atoms with van der Waals surface area (Å²) < 4.78 is 0.988. The van der Waals surface area contributed by atoms with Crippen molar-refractivity contribution in [3.63, 3.8) is 0 Å². The highest BCUT2D eigenvalue weighted by molar-refractivity contribution is 9.10. The molecule has 0 unspecified atom stereocenters. The molecule has 0 aliphatic heterocycles. The lowest BCUT2D eigenvalue weighted by Crippen LogP contribution is -1.99. The zero-order valence-electron chi connectivity index (χ0n) is 6.57. The summed E-state index contributed by atoms with van der Waals surface area (Å²) in [6, 6.07) is 7.42. The minimum Gasteiger partial charge on any atom is -0.396 e. The summed E-state index contributed by atoms with van der Waals surface area (Å²) in [5.74, 6) is 0. The molecule has 2 nitrogen and oxygen atoms in total. The molecule has 1 atom stereocenters. The molecular formula is C9H11BrO2. The maximum absolute atomic E-state index is 9.44. The number of rotatable bonds is 3. The second kappa shape index (κ2) is 4.60. The maximum Gasteiger partial charge on any atom is 0.0811 e. The molecule has 66 valence electrons. The van der Waals surface area contributed by atoms with Crippen LogP contribution in [-0.4, -0.2) is 16.8 Å². The van der Waals surface area contributed by atoms with Crippen molar-refractivity contribution in [2.24, 2.45) is 0 Å². The highest BCUT2D eigenvalue weighted by Gasteiger charge is 2.05. The van der Waals surface area contributed by atoms with Gasteiger partial charge in [-0.3, -0.25) is 0 Å². The summed E-state index contributed by atoms with van der Waals surface area (Å²) in [5.41, 5.74) is 0.840. The molecule has 3 heteroatoms. The van der Waals surface area contributed by atoms with Crippen molar-refractivity contribution in [3.8, 4) is 0 Å². The minimum absolute atomic E-state index is 0.0111. The quantitative estimate of drug-likeness (QED) is 0.833. The van der Waals surface area contributed by atoms with Crippen molar-refractivity contribution in [2.75, 3.05) is 6.61 Å². The fourth-order valence-electron chi connectivity index (χ4n) is 0.974. The van der Waals surface area contributed by atoms with E-state index >= 15 is 0 Å². The SMILES string of the molecule is OCC[C@H](O)c1ccc(Br)cc1. The summed E-state index contributed by atoms with van der Waals surface area (Å²) in [6.45, 7) is 0.0111. The van der Waals surface area contributed by atoms with E-state index in [1.165, 1.54) is 0 Å². The van der Waals surface area contributed by atoms with Gasteiger partial charge in [-0.1, -0.05) is 28.1 Å². The van der Waals surface area contributed by atoms with Crippen LogP contribution in [0.2, 0.25) is 0 Å². The Balaban J connectivity index is 2.68. The van der Waals surface area contributed by atoms with Crippen molar-refractivity contribution >= 4 is 15.9 Å². The first kappa shape index (κ1) is 9.71. The highest BCUT2D eigenvalue weighted by atomic mass is 79.9. The molecule has 0 fully saturated rings. The van der Waals surface area contributed by atoms with Crippen LogP contribution in [0.25, 0.3) is 0 Å². The Labute approximate surface area is 80.0 Å². The van der Waals surface area contributed by atoms with Gasteiger partial charge in [-0.05, 0) is 17.7 Å². The molecule has 0 heterocycles. The van der Waals surface area contributed by atoms with Crippen molar-refractivity contribution in [1.82, 2.24) is 0 Å². The van der Waals surface area contributed by atoms with Crippen LogP contribution >= 0.6 is 15.9 Å². The van der Waals surface area contributed by atoms with Gasteiger partial charge in [0.2, 0.25) is 0 Å². The molecule has 12 heavy (non-hydrogen) atoms. The zero-order valence-corrected chi connectivity index (χ0v) is 8.16. The van der Waals surface area contributed by atoms with Crippen LogP contribution in [0.5, 0.6) is 0 Å². The third kappa shape index (κ3) is 2.59. The third-order valence-electron chi connectivity index (χ3n) is 1.66. The van der Waals surface area contributed by atoms with Gasteiger partial charge in [0.1, 0.15) is 0 Å². The van der Waals surface area contributed by atoms with Crippen molar-refractivity contribution in [2.45, 2.75) is 12.5 Å². The third-order valence-corrected chi connectivity index (χ3v) is 2.19. The molecule has 0 amide bonds. The number of hydrogen-bond donors (Lipinski definition) is 2. The molecule has 2 N–H and O–H groups in total. The lowest BCUT2D eigenvalue weighted by Gasteiger charge is -2.08. The zero-order chi connectivity index (χ0) is 8.97. The minimum atomic E-state index is -0.553. The van der Waals surface area contributed by atoms with Crippen LogP contribution in [0.4, 0.5) is 0 Å². The van der Waals surface area contributed by atoms with Gasteiger partial charge in [0.25, 0.3) is 0 Å². The molecule has 0 spiro atoms. The summed E-state index contributed by atoms with van der Waals surface area (Å²) in [7, 11) is 0. The number of aliphatic hydroxyl groups is 2. The van der Waals surface area contributed by atoms with Gasteiger partial charge in [-0.2, -0.15) is 0 Å². The van der Waals surface area contributed by atoms with Crippen LogP contribution in [0.1, 0.15) is 18.1 Å². The Kier molecular flexibility index (Phi) is 3.72. The van der Waals surface area contributed by atoms with E-state index in [1.807, 2.05) is 24.3 Å². The van der Waals surface area contributed by atoms with E-state index in [0.717, 1.165) is 10.0 Å². The topological polar surface area (TPSA) is 40.5 Å². The van der Waals surface area contributed by atoms with E-state index in [-0.39, 0.29) is 6.61 Å². The summed E-state index contributed by atoms with van der Waals surface area (Å²) in [4.78, 5) is 0. The van der Waals surface area contributed by atoms with Crippen molar-refractivity contribution < 1.29 is 10.2 Å². The summed E-state index contributed by atoms with van der Waals surface area (Å²) in [6.07, 6.45) is -0.162. The second-order valence-corrected chi connectivity index (χ2v) is 3.50. The van der Waals surface area contributed by atoms with Crippen LogP contribution < -0.4 is 0 Å². The van der Waals surface area contributed by atoms with Crippen LogP contribution in [-0.2, 0) is 0 Å². The number of hydrogen-bond acceptors (Lipinski definition) is 2. The average Bonchev–Trinajstić information content (AvgIpc) is 2.06. The van der Waals surface area contributed by atoms with E-state index in [0.29, 0.717) is 6.42 Å². The smallest absolute Gasteiger partial charge is 0.0811 e. The Morgan fingerprint density at radius 2 is 1.83 bits per heavy atom. The van der Waals surface area contributed by atoms with E-state index in [1.54, 1.807) is 0 Å². The first-order chi connectivity index (χ1) is 5.74. The van der Waals surface area contributed by atoms with Crippen LogP contribution in [0, 0.1) is 0 Å². The predicted octanol–water partition coefficient (Wildman–Crippen LogP) is 1.86. The van der Waals surface area contributed by atoms with E-state index in [4.69, 9.17) is 5.11 Å². The fourth-order valence-corrected chi connectivity index (χ4v) is 1.24. The Morgan fingerprint density at radius 3 is 2.33 bits per heavy atom. The van der Waals surface area contributed by atoms with Gasteiger partial charge in [-0.25, -0.2) is 0 Å². The monoisotopic (exact) mass is 230 g/mol. The van der Waals surface area contributed by atoms with Crippen molar-refractivity contribution in [1.29, 1.82) is 0 Å². The Bertz CT molecular complexity index is 233. The van der Waals surface area contributed by atoms with E-state index in [2.05, 4.69) is 15.9 Å². The molecule has 0 aliphatic rings. The fraction of sp³-hybridized carbons (Fsp3) is 0.333. The molecule has 0 radical (unpaired) electrons. The Morgan fingerprint density at radius 1 is 1.25 bits per heavy atom. The normalized spacial score (nSPS) is 12.9. The standard InChI is InChI=1S/C9H11BrO2/c10-8-3-1-7(2-4-8)9(12)5-6-11/h1-4,9,11-12H,5-6H2/t9-/m0/s1. The molecular weight excluding hydrogens is 220 g/mol. The van der Waals surface area contributed by atoms with Gasteiger partial charge in [0.05, 0.1) is 6.10 Å². The first-order valence-electron chi connectivity index (χ1n) is 3.78. The predicted molar refractivity (Wildman–Crippen MR) is 50.8 cm³/mol. The van der Waals surface area contributed by atoms with Gasteiger partial charge >= 0.3 is 0 Å². The molecule has 0 aliphatic carbocycles. The van der Waals surface area contributed by atoms with Gasteiger partial charge in [0, 0.05) is 17.5 Å². The van der Waals surface area contributed by atoms with Gasteiger partial charge < -0.3 is 10.2 Å². The maximum atomic E-state index is 9.44. The Hall–Kier alpha value is -0.380. The largest absolute Gasteiger partial charge is 0.396 e. The average molecular weight is 231 g/mol. The molecule has 1 aromatic carbocycles. The molecule has 0 saturated carbocycles. The lowest BCUT2D eigenvalue weighted by molar-refractivity contribution is 0.134. The molecule has 1 rings (SSSR count). The van der Waals surface area contributed by atoms with E-state index in [9.17, 15) is 5.11 Å². The molecule has 0 saturated heterocycles. The molecule has 0 aromatic heterocycles. The summed E-state index contributed by atoms with van der Waals surface area (Å²) in [5, 5.41) is 18.0. The number of aliphatic hydroxyl groups excluding tert-OH is 2. The van der Waals surface area contributed by atoms with Crippen LogP contribution in [0.15, 0.2) is 28.7 Å².